The van der Waals surface area contributed by atoms with Gasteiger partial charge in [0.2, 0.25) is 5.91 Å². The van der Waals surface area contributed by atoms with Gasteiger partial charge in [0.1, 0.15) is 6.54 Å². The van der Waals surface area contributed by atoms with Crippen molar-refractivity contribution in [1.29, 1.82) is 0 Å². The first kappa shape index (κ1) is 18.7. The van der Waals surface area contributed by atoms with Gasteiger partial charge in [-0.2, -0.15) is 0 Å². The number of rotatable bonds is 8. The van der Waals surface area contributed by atoms with Crippen LogP contribution in [0.4, 0.5) is 0 Å². The van der Waals surface area contributed by atoms with Crippen molar-refractivity contribution in [2.24, 2.45) is 0 Å². The summed E-state index contributed by atoms with van der Waals surface area (Å²) in [5, 5.41) is 0. The van der Waals surface area contributed by atoms with Crippen LogP contribution >= 0.6 is 0 Å². The van der Waals surface area contributed by atoms with Crippen molar-refractivity contribution in [3.05, 3.63) is 60.2 Å². The number of esters is 1. The molecule has 0 radical (unpaired) electrons. The fourth-order valence-electron chi connectivity index (χ4n) is 2.45. The van der Waals surface area contributed by atoms with Crippen molar-refractivity contribution in [2.75, 3.05) is 33.9 Å². The molecule has 0 aliphatic heterocycles. The maximum atomic E-state index is 12.5. The Bertz CT molecular complexity index is 683. The van der Waals surface area contributed by atoms with Gasteiger partial charge in [0.25, 0.3) is 0 Å². The van der Waals surface area contributed by atoms with Crippen molar-refractivity contribution < 1.29 is 19.1 Å². The van der Waals surface area contributed by atoms with E-state index in [9.17, 15) is 9.59 Å². The lowest BCUT2D eigenvalue weighted by Gasteiger charge is -2.21. The molecular weight excluding hydrogens is 318 g/mol. The number of ether oxygens (including phenoxy) is 2. The molecule has 0 atom stereocenters. The molecule has 2 aromatic rings. The minimum atomic E-state index is -0.441. The highest BCUT2D eigenvalue weighted by atomic mass is 16.5. The fraction of sp³-hybridized carbons (Fsp3) is 0.300. The first-order valence-electron chi connectivity index (χ1n) is 8.12. The molecule has 1 amide bonds. The SMILES string of the molecule is COCCN(CC(=O)OC)C(=O)Cc1ccc(-c2ccccc2)cc1. The van der Waals surface area contributed by atoms with E-state index in [4.69, 9.17) is 4.74 Å². The molecule has 0 spiro atoms. The van der Waals surface area contributed by atoms with Gasteiger partial charge in [-0.05, 0) is 16.7 Å². The number of hydrogen-bond acceptors (Lipinski definition) is 4. The van der Waals surface area contributed by atoms with Crippen LogP contribution in [-0.4, -0.2) is 50.7 Å². The topological polar surface area (TPSA) is 55.8 Å². The molecule has 0 saturated heterocycles. The van der Waals surface area contributed by atoms with Crippen LogP contribution in [0.5, 0.6) is 0 Å². The Kier molecular flexibility index (Phi) is 7.16. The maximum Gasteiger partial charge on any atom is 0.325 e. The standard InChI is InChI=1S/C20H23NO4/c1-24-13-12-21(15-20(23)25-2)19(22)14-16-8-10-18(11-9-16)17-6-4-3-5-7-17/h3-11H,12-15H2,1-2H3. The summed E-state index contributed by atoms with van der Waals surface area (Å²) in [6.45, 7) is 0.656. The van der Waals surface area contributed by atoms with Crippen molar-refractivity contribution >= 4 is 11.9 Å². The number of methoxy groups -OCH3 is 2. The molecule has 2 rings (SSSR count). The molecule has 0 unspecified atom stereocenters. The van der Waals surface area contributed by atoms with Gasteiger partial charge < -0.3 is 14.4 Å². The van der Waals surface area contributed by atoms with Crippen LogP contribution in [0.2, 0.25) is 0 Å². The zero-order chi connectivity index (χ0) is 18.1. The molecule has 0 saturated carbocycles. The van der Waals surface area contributed by atoms with Crippen LogP contribution in [0.15, 0.2) is 54.6 Å². The van der Waals surface area contributed by atoms with E-state index in [0.29, 0.717) is 13.2 Å². The Morgan fingerprint density at radius 2 is 1.56 bits per heavy atom. The first-order chi connectivity index (χ1) is 12.1. The summed E-state index contributed by atoms with van der Waals surface area (Å²) in [5.74, 6) is -0.571. The Hall–Kier alpha value is -2.66. The lowest BCUT2D eigenvalue weighted by atomic mass is 10.0. The van der Waals surface area contributed by atoms with E-state index in [1.807, 2.05) is 54.6 Å². The third kappa shape index (κ3) is 5.72. The predicted molar refractivity (Wildman–Crippen MR) is 96.1 cm³/mol. The molecule has 25 heavy (non-hydrogen) atoms. The second kappa shape index (κ2) is 9.59. The van der Waals surface area contributed by atoms with Crippen LogP contribution in [0.3, 0.4) is 0 Å². The highest BCUT2D eigenvalue weighted by Crippen LogP contribution is 2.19. The molecule has 132 valence electrons. The second-order valence-corrected chi connectivity index (χ2v) is 5.62. The molecule has 0 fully saturated rings. The van der Waals surface area contributed by atoms with Crippen LogP contribution in [0.1, 0.15) is 5.56 Å². The molecule has 0 aliphatic rings. The third-order valence-electron chi connectivity index (χ3n) is 3.88. The van der Waals surface area contributed by atoms with E-state index < -0.39 is 5.97 Å². The summed E-state index contributed by atoms with van der Waals surface area (Å²) >= 11 is 0. The van der Waals surface area contributed by atoms with E-state index in [1.54, 1.807) is 7.11 Å². The Morgan fingerprint density at radius 3 is 2.16 bits per heavy atom. The zero-order valence-electron chi connectivity index (χ0n) is 14.6. The summed E-state index contributed by atoms with van der Waals surface area (Å²) in [6, 6.07) is 17.9. The first-order valence-corrected chi connectivity index (χ1v) is 8.12. The van der Waals surface area contributed by atoms with E-state index in [-0.39, 0.29) is 18.9 Å². The number of nitrogens with zero attached hydrogens (tertiary/aromatic N) is 1. The highest BCUT2D eigenvalue weighted by Gasteiger charge is 2.17. The summed E-state index contributed by atoms with van der Waals surface area (Å²) in [4.78, 5) is 25.4. The summed E-state index contributed by atoms with van der Waals surface area (Å²) in [5.41, 5.74) is 3.13. The van der Waals surface area contributed by atoms with E-state index >= 15 is 0 Å². The number of hydrogen-bond donors (Lipinski definition) is 0. The largest absolute Gasteiger partial charge is 0.468 e. The lowest BCUT2D eigenvalue weighted by Crippen LogP contribution is -2.39. The number of carbonyl (C=O) groups excluding carboxylic acids is 2. The molecule has 0 aromatic heterocycles. The second-order valence-electron chi connectivity index (χ2n) is 5.62. The van der Waals surface area contributed by atoms with E-state index in [2.05, 4.69) is 4.74 Å². The van der Waals surface area contributed by atoms with Gasteiger partial charge in [-0.25, -0.2) is 0 Å². The van der Waals surface area contributed by atoms with Crippen LogP contribution in [0, 0.1) is 0 Å². The predicted octanol–water partition coefficient (Wildman–Crippen LogP) is 2.54. The Morgan fingerprint density at radius 1 is 0.920 bits per heavy atom. The van der Waals surface area contributed by atoms with Crippen LogP contribution < -0.4 is 0 Å². The van der Waals surface area contributed by atoms with Gasteiger partial charge in [0.05, 0.1) is 20.1 Å². The molecule has 0 heterocycles. The van der Waals surface area contributed by atoms with Crippen molar-refractivity contribution in [3.8, 4) is 11.1 Å². The van der Waals surface area contributed by atoms with Crippen molar-refractivity contribution in [3.63, 3.8) is 0 Å². The lowest BCUT2D eigenvalue weighted by molar-refractivity contribution is -0.147. The Labute approximate surface area is 148 Å². The van der Waals surface area contributed by atoms with Crippen molar-refractivity contribution in [1.82, 2.24) is 4.90 Å². The third-order valence-corrected chi connectivity index (χ3v) is 3.88. The molecular formula is C20H23NO4. The normalized spacial score (nSPS) is 10.3. The van der Waals surface area contributed by atoms with Gasteiger partial charge in [-0.1, -0.05) is 54.6 Å². The van der Waals surface area contributed by atoms with Crippen LogP contribution in [0.25, 0.3) is 11.1 Å². The molecule has 0 N–H and O–H groups in total. The number of benzene rings is 2. The number of carbonyl (C=O) groups is 2. The van der Waals surface area contributed by atoms with Gasteiger partial charge >= 0.3 is 5.97 Å². The minimum Gasteiger partial charge on any atom is -0.468 e. The monoisotopic (exact) mass is 341 g/mol. The minimum absolute atomic E-state index is 0.0687. The van der Waals surface area contributed by atoms with Crippen LogP contribution in [-0.2, 0) is 25.5 Å². The van der Waals surface area contributed by atoms with Gasteiger partial charge in [0.15, 0.2) is 0 Å². The summed E-state index contributed by atoms with van der Waals surface area (Å²) in [7, 11) is 2.87. The summed E-state index contributed by atoms with van der Waals surface area (Å²) < 4.78 is 9.66. The smallest absolute Gasteiger partial charge is 0.325 e. The van der Waals surface area contributed by atoms with Gasteiger partial charge in [-0.15, -0.1) is 0 Å². The van der Waals surface area contributed by atoms with Gasteiger partial charge in [0, 0.05) is 13.7 Å². The quantitative estimate of drug-likeness (QED) is 0.693. The van der Waals surface area contributed by atoms with Gasteiger partial charge in [-0.3, -0.25) is 9.59 Å². The highest BCUT2D eigenvalue weighted by molar-refractivity contribution is 5.83. The van der Waals surface area contributed by atoms with E-state index in [1.165, 1.54) is 12.0 Å². The zero-order valence-corrected chi connectivity index (χ0v) is 14.6. The molecule has 0 bridgehead atoms. The average Bonchev–Trinajstić information content (AvgIpc) is 2.66. The molecule has 0 aliphatic carbocycles. The Balaban J connectivity index is 2.03. The average molecular weight is 341 g/mol. The fourth-order valence-corrected chi connectivity index (χ4v) is 2.45. The van der Waals surface area contributed by atoms with E-state index in [0.717, 1.165) is 16.7 Å². The summed E-state index contributed by atoms with van der Waals surface area (Å²) in [6.07, 6.45) is 0.232. The maximum absolute atomic E-state index is 12.5. The molecule has 5 nitrogen and oxygen atoms in total. The number of amides is 1. The van der Waals surface area contributed by atoms with Crippen molar-refractivity contribution in [2.45, 2.75) is 6.42 Å². The molecule has 5 heteroatoms. The molecule has 2 aromatic carbocycles.